The van der Waals surface area contributed by atoms with Gasteiger partial charge in [0, 0.05) is 17.1 Å². The number of benzene rings is 2. The van der Waals surface area contributed by atoms with Crippen LogP contribution in [0.25, 0.3) is 0 Å². The van der Waals surface area contributed by atoms with E-state index in [9.17, 15) is 5.11 Å². The quantitative estimate of drug-likeness (QED) is 0.878. The third-order valence-corrected chi connectivity index (χ3v) is 3.98. The minimum Gasteiger partial charge on any atom is -0.392 e. The zero-order chi connectivity index (χ0) is 13.7. The molecule has 2 nitrogen and oxygen atoms in total. The van der Waals surface area contributed by atoms with Gasteiger partial charge in [-0.25, -0.2) is 0 Å². The normalized spacial score (nSPS) is 12.4. The molecule has 0 heterocycles. The standard InChI is InChI=1S/C16H18BrNO/c1-12(15-8-4-5-9-16(15)17)18-10-13-6-2-3-7-14(13)11-19/h2-9,12,18-19H,10-11H2,1H3. The van der Waals surface area contributed by atoms with E-state index in [1.54, 1.807) is 0 Å². The molecule has 0 aromatic heterocycles. The predicted molar refractivity (Wildman–Crippen MR) is 81.8 cm³/mol. The molecule has 0 aliphatic rings. The van der Waals surface area contributed by atoms with E-state index in [-0.39, 0.29) is 12.6 Å². The fourth-order valence-corrected chi connectivity index (χ4v) is 2.71. The van der Waals surface area contributed by atoms with Gasteiger partial charge in [0.05, 0.1) is 6.61 Å². The molecule has 2 aromatic rings. The van der Waals surface area contributed by atoms with Crippen molar-refractivity contribution in [2.75, 3.05) is 0 Å². The van der Waals surface area contributed by atoms with Gasteiger partial charge in [-0.2, -0.15) is 0 Å². The van der Waals surface area contributed by atoms with E-state index >= 15 is 0 Å². The highest BCUT2D eigenvalue weighted by Crippen LogP contribution is 2.23. The molecule has 19 heavy (non-hydrogen) atoms. The van der Waals surface area contributed by atoms with Crippen LogP contribution in [0.4, 0.5) is 0 Å². The molecule has 0 saturated carbocycles. The van der Waals surface area contributed by atoms with Gasteiger partial charge in [-0.05, 0) is 29.7 Å². The lowest BCUT2D eigenvalue weighted by atomic mass is 10.1. The molecular weight excluding hydrogens is 302 g/mol. The molecule has 0 bridgehead atoms. The maximum absolute atomic E-state index is 9.31. The summed E-state index contributed by atoms with van der Waals surface area (Å²) in [6, 6.07) is 16.4. The Morgan fingerprint density at radius 2 is 1.68 bits per heavy atom. The molecule has 0 fully saturated rings. The van der Waals surface area contributed by atoms with E-state index in [0.717, 1.165) is 22.1 Å². The van der Waals surface area contributed by atoms with Gasteiger partial charge >= 0.3 is 0 Å². The number of rotatable bonds is 5. The van der Waals surface area contributed by atoms with Gasteiger partial charge < -0.3 is 10.4 Å². The van der Waals surface area contributed by atoms with E-state index < -0.39 is 0 Å². The molecule has 0 aliphatic heterocycles. The summed E-state index contributed by atoms with van der Waals surface area (Å²) >= 11 is 3.57. The van der Waals surface area contributed by atoms with E-state index in [1.807, 2.05) is 36.4 Å². The van der Waals surface area contributed by atoms with Crippen LogP contribution < -0.4 is 5.32 Å². The second-order valence-corrected chi connectivity index (χ2v) is 5.41. The third-order valence-electron chi connectivity index (χ3n) is 3.26. The van der Waals surface area contributed by atoms with E-state index in [1.165, 1.54) is 5.56 Å². The Kier molecular flexibility index (Phi) is 5.14. The van der Waals surface area contributed by atoms with Crippen LogP contribution in [0.15, 0.2) is 53.0 Å². The van der Waals surface area contributed by atoms with Gasteiger partial charge in [-0.3, -0.25) is 0 Å². The number of hydrogen-bond acceptors (Lipinski definition) is 2. The van der Waals surface area contributed by atoms with Crippen LogP contribution in [0.2, 0.25) is 0 Å². The zero-order valence-corrected chi connectivity index (χ0v) is 12.5. The Bertz CT molecular complexity index is 542. The van der Waals surface area contributed by atoms with Crippen molar-refractivity contribution in [1.82, 2.24) is 5.32 Å². The summed E-state index contributed by atoms with van der Waals surface area (Å²) in [6.45, 7) is 2.97. The summed E-state index contributed by atoms with van der Waals surface area (Å²) in [5.41, 5.74) is 3.36. The number of aliphatic hydroxyl groups excluding tert-OH is 1. The average Bonchev–Trinajstić information content (AvgIpc) is 2.45. The first-order valence-electron chi connectivity index (χ1n) is 6.38. The predicted octanol–water partition coefficient (Wildman–Crippen LogP) is 3.79. The van der Waals surface area contributed by atoms with Crippen LogP contribution >= 0.6 is 15.9 Å². The van der Waals surface area contributed by atoms with Gasteiger partial charge in [0.15, 0.2) is 0 Å². The smallest absolute Gasteiger partial charge is 0.0685 e. The summed E-state index contributed by atoms with van der Waals surface area (Å²) in [6.07, 6.45) is 0. The van der Waals surface area contributed by atoms with E-state index in [0.29, 0.717) is 0 Å². The first-order chi connectivity index (χ1) is 9.22. The SMILES string of the molecule is CC(NCc1ccccc1CO)c1ccccc1Br. The number of hydrogen-bond donors (Lipinski definition) is 2. The largest absolute Gasteiger partial charge is 0.392 e. The topological polar surface area (TPSA) is 32.3 Å². The molecule has 2 aromatic carbocycles. The van der Waals surface area contributed by atoms with E-state index in [2.05, 4.69) is 40.3 Å². The van der Waals surface area contributed by atoms with Gasteiger partial charge in [0.2, 0.25) is 0 Å². The Balaban J connectivity index is 2.04. The van der Waals surface area contributed by atoms with E-state index in [4.69, 9.17) is 0 Å². The molecule has 2 rings (SSSR count). The summed E-state index contributed by atoms with van der Waals surface area (Å²) in [4.78, 5) is 0. The Morgan fingerprint density at radius 1 is 1.05 bits per heavy atom. The molecule has 0 aliphatic carbocycles. The molecule has 1 atom stereocenters. The molecule has 0 radical (unpaired) electrons. The highest BCUT2D eigenvalue weighted by molar-refractivity contribution is 9.10. The minimum absolute atomic E-state index is 0.0846. The summed E-state index contributed by atoms with van der Waals surface area (Å²) in [5, 5.41) is 12.8. The van der Waals surface area contributed by atoms with Crippen LogP contribution in [-0.4, -0.2) is 5.11 Å². The maximum atomic E-state index is 9.31. The van der Waals surface area contributed by atoms with Crippen molar-refractivity contribution in [2.24, 2.45) is 0 Å². The summed E-state index contributed by atoms with van der Waals surface area (Å²) < 4.78 is 1.12. The lowest BCUT2D eigenvalue weighted by Crippen LogP contribution is -2.19. The Labute approximate surface area is 122 Å². The first kappa shape index (κ1) is 14.3. The fraction of sp³-hybridized carbons (Fsp3) is 0.250. The van der Waals surface area contributed by atoms with Crippen LogP contribution in [0.1, 0.15) is 29.7 Å². The number of nitrogens with one attached hydrogen (secondary N) is 1. The van der Waals surface area contributed by atoms with Crippen LogP contribution in [0.3, 0.4) is 0 Å². The Hall–Kier alpha value is -1.16. The third kappa shape index (κ3) is 3.66. The van der Waals surface area contributed by atoms with Crippen molar-refractivity contribution in [1.29, 1.82) is 0 Å². The second kappa shape index (κ2) is 6.85. The molecule has 0 amide bonds. The van der Waals surface area contributed by atoms with Crippen molar-refractivity contribution in [2.45, 2.75) is 26.1 Å². The average molecular weight is 320 g/mol. The Morgan fingerprint density at radius 3 is 2.37 bits per heavy atom. The van der Waals surface area contributed by atoms with Gasteiger partial charge in [0.1, 0.15) is 0 Å². The molecule has 0 saturated heterocycles. The van der Waals surface area contributed by atoms with Gasteiger partial charge in [0.25, 0.3) is 0 Å². The van der Waals surface area contributed by atoms with Crippen molar-refractivity contribution in [3.05, 3.63) is 69.7 Å². The van der Waals surface area contributed by atoms with Crippen LogP contribution in [0.5, 0.6) is 0 Å². The molecule has 100 valence electrons. The lowest BCUT2D eigenvalue weighted by Gasteiger charge is -2.17. The maximum Gasteiger partial charge on any atom is 0.0685 e. The van der Waals surface area contributed by atoms with Crippen molar-refractivity contribution in [3.63, 3.8) is 0 Å². The van der Waals surface area contributed by atoms with Crippen molar-refractivity contribution < 1.29 is 5.11 Å². The second-order valence-electron chi connectivity index (χ2n) is 4.55. The summed E-state index contributed by atoms with van der Waals surface area (Å²) in [5.74, 6) is 0. The molecule has 3 heteroatoms. The van der Waals surface area contributed by atoms with Gasteiger partial charge in [-0.1, -0.05) is 58.4 Å². The molecule has 0 spiro atoms. The highest BCUT2D eigenvalue weighted by Gasteiger charge is 2.09. The van der Waals surface area contributed by atoms with Crippen LogP contribution in [-0.2, 0) is 13.2 Å². The van der Waals surface area contributed by atoms with Crippen molar-refractivity contribution in [3.8, 4) is 0 Å². The van der Waals surface area contributed by atoms with Gasteiger partial charge in [-0.15, -0.1) is 0 Å². The molecular formula is C16H18BrNO. The number of aliphatic hydroxyl groups is 1. The molecule has 2 N–H and O–H groups in total. The number of halogens is 1. The zero-order valence-electron chi connectivity index (χ0n) is 10.9. The van der Waals surface area contributed by atoms with Crippen LogP contribution in [0, 0.1) is 0 Å². The lowest BCUT2D eigenvalue weighted by molar-refractivity contribution is 0.280. The first-order valence-corrected chi connectivity index (χ1v) is 7.17. The van der Waals surface area contributed by atoms with Crippen molar-refractivity contribution >= 4 is 15.9 Å². The fourth-order valence-electron chi connectivity index (χ4n) is 2.08. The summed E-state index contributed by atoms with van der Waals surface area (Å²) in [7, 11) is 0. The highest BCUT2D eigenvalue weighted by atomic mass is 79.9. The minimum atomic E-state index is 0.0846. The molecule has 1 unspecified atom stereocenters. The monoisotopic (exact) mass is 319 g/mol.